The summed E-state index contributed by atoms with van der Waals surface area (Å²) in [7, 11) is 1.68. The highest BCUT2D eigenvalue weighted by atomic mass is 16.1. The van der Waals surface area contributed by atoms with Crippen LogP contribution < -0.4 is 5.32 Å². The van der Waals surface area contributed by atoms with Crippen molar-refractivity contribution in [3.05, 3.63) is 0 Å². The molecular weight excluding hydrogens is 138 g/mol. The summed E-state index contributed by atoms with van der Waals surface area (Å²) in [5, 5.41) is 2.63. The van der Waals surface area contributed by atoms with Gasteiger partial charge >= 0.3 is 0 Å². The highest BCUT2D eigenvalue weighted by molar-refractivity contribution is 5.75. The minimum absolute atomic E-state index is 0.132. The Hall–Kier alpha value is -0.530. The van der Waals surface area contributed by atoms with Gasteiger partial charge in [0.15, 0.2) is 0 Å². The predicted molar refractivity (Wildman–Crippen MR) is 47.3 cm³/mol. The molecule has 0 radical (unpaired) electrons. The molecule has 0 aliphatic rings. The van der Waals surface area contributed by atoms with Crippen molar-refractivity contribution < 1.29 is 4.79 Å². The second-order valence-electron chi connectivity index (χ2n) is 4.14. The summed E-state index contributed by atoms with van der Waals surface area (Å²) in [6.07, 6.45) is 0.625. The minimum Gasteiger partial charge on any atom is -0.359 e. The van der Waals surface area contributed by atoms with Gasteiger partial charge in [0.1, 0.15) is 0 Å². The predicted octanol–water partition coefficient (Wildman–Crippen LogP) is 1.80. The fourth-order valence-electron chi connectivity index (χ4n) is 0.686. The van der Waals surface area contributed by atoms with E-state index in [-0.39, 0.29) is 11.3 Å². The summed E-state index contributed by atoms with van der Waals surface area (Å²) in [5.41, 5.74) is 0.229. The maximum absolute atomic E-state index is 11.0. The molecule has 0 spiro atoms. The first kappa shape index (κ1) is 10.5. The van der Waals surface area contributed by atoms with Gasteiger partial charge in [-0.3, -0.25) is 4.79 Å². The van der Waals surface area contributed by atoms with Crippen LogP contribution >= 0.6 is 0 Å². The molecule has 0 fully saturated rings. The van der Waals surface area contributed by atoms with E-state index < -0.39 is 0 Å². The highest BCUT2D eigenvalue weighted by Crippen LogP contribution is 2.27. The van der Waals surface area contributed by atoms with Gasteiger partial charge in [0.05, 0.1) is 0 Å². The molecule has 0 heterocycles. The van der Waals surface area contributed by atoms with Gasteiger partial charge in [0.25, 0.3) is 0 Å². The number of amides is 1. The monoisotopic (exact) mass is 157 g/mol. The molecule has 1 N–H and O–H groups in total. The van der Waals surface area contributed by atoms with E-state index in [1.54, 1.807) is 7.05 Å². The minimum atomic E-state index is 0.132. The fraction of sp³-hybridized carbons (Fsp3) is 0.889. The molecule has 0 saturated carbocycles. The average Bonchev–Trinajstić information content (AvgIpc) is 1.85. The van der Waals surface area contributed by atoms with Gasteiger partial charge in [0.2, 0.25) is 5.91 Å². The molecule has 1 amide bonds. The Kier molecular flexibility index (Phi) is 3.56. The SMILES string of the molecule is CNC(=O)CC(C)C(C)(C)C. The van der Waals surface area contributed by atoms with Crippen molar-refractivity contribution in [3.8, 4) is 0 Å². The van der Waals surface area contributed by atoms with Crippen LogP contribution in [0.4, 0.5) is 0 Å². The first-order valence-corrected chi connectivity index (χ1v) is 4.08. The van der Waals surface area contributed by atoms with E-state index in [2.05, 4.69) is 33.0 Å². The lowest BCUT2D eigenvalue weighted by Crippen LogP contribution is -2.26. The van der Waals surface area contributed by atoms with Gasteiger partial charge < -0.3 is 5.32 Å². The van der Waals surface area contributed by atoms with E-state index in [4.69, 9.17) is 0 Å². The molecule has 11 heavy (non-hydrogen) atoms. The summed E-state index contributed by atoms with van der Waals surface area (Å²) < 4.78 is 0. The maximum atomic E-state index is 11.0. The quantitative estimate of drug-likeness (QED) is 0.650. The van der Waals surface area contributed by atoms with E-state index in [0.29, 0.717) is 12.3 Å². The van der Waals surface area contributed by atoms with E-state index in [1.165, 1.54) is 0 Å². The number of carbonyl (C=O) groups excluding carboxylic acids is 1. The molecule has 0 rings (SSSR count). The smallest absolute Gasteiger partial charge is 0.220 e. The van der Waals surface area contributed by atoms with Crippen LogP contribution in [0.2, 0.25) is 0 Å². The van der Waals surface area contributed by atoms with E-state index in [9.17, 15) is 4.79 Å². The Morgan fingerprint density at radius 1 is 1.45 bits per heavy atom. The zero-order valence-electron chi connectivity index (χ0n) is 8.19. The first-order chi connectivity index (χ1) is 4.88. The van der Waals surface area contributed by atoms with Gasteiger partial charge in [-0.25, -0.2) is 0 Å². The zero-order valence-corrected chi connectivity index (χ0v) is 8.19. The Bertz CT molecular complexity index is 135. The third kappa shape index (κ3) is 4.02. The van der Waals surface area contributed by atoms with Gasteiger partial charge in [-0.2, -0.15) is 0 Å². The van der Waals surface area contributed by atoms with Crippen molar-refractivity contribution in [2.24, 2.45) is 11.3 Å². The van der Waals surface area contributed by atoms with Crippen molar-refractivity contribution in [2.45, 2.75) is 34.1 Å². The molecule has 1 atom stereocenters. The van der Waals surface area contributed by atoms with Crippen LogP contribution in [0, 0.1) is 11.3 Å². The molecule has 0 aromatic carbocycles. The summed E-state index contributed by atoms with van der Waals surface area (Å²) in [5.74, 6) is 0.565. The molecule has 0 aromatic heterocycles. The Balaban J connectivity index is 3.87. The number of hydrogen-bond acceptors (Lipinski definition) is 1. The Morgan fingerprint density at radius 3 is 2.18 bits per heavy atom. The standard InChI is InChI=1S/C9H19NO/c1-7(9(2,3)4)6-8(11)10-5/h7H,6H2,1-5H3,(H,10,11). The summed E-state index contributed by atoms with van der Waals surface area (Å²) in [4.78, 5) is 11.0. The van der Waals surface area contributed by atoms with Crippen molar-refractivity contribution in [3.63, 3.8) is 0 Å². The van der Waals surface area contributed by atoms with Crippen LogP contribution in [0.15, 0.2) is 0 Å². The van der Waals surface area contributed by atoms with Crippen LogP contribution in [0.1, 0.15) is 34.1 Å². The molecule has 2 nitrogen and oxygen atoms in total. The fourth-order valence-corrected chi connectivity index (χ4v) is 0.686. The first-order valence-electron chi connectivity index (χ1n) is 4.08. The van der Waals surface area contributed by atoms with Gasteiger partial charge in [0, 0.05) is 13.5 Å². The Labute approximate surface area is 69.4 Å². The number of nitrogens with one attached hydrogen (secondary N) is 1. The van der Waals surface area contributed by atoms with Crippen LogP contribution in [0.3, 0.4) is 0 Å². The van der Waals surface area contributed by atoms with Crippen molar-refractivity contribution in [2.75, 3.05) is 7.05 Å². The number of carbonyl (C=O) groups is 1. The molecule has 0 aromatic rings. The van der Waals surface area contributed by atoms with E-state index in [1.807, 2.05) is 0 Å². The molecule has 1 unspecified atom stereocenters. The van der Waals surface area contributed by atoms with Crippen molar-refractivity contribution >= 4 is 5.91 Å². The lowest BCUT2D eigenvalue weighted by Gasteiger charge is -2.26. The van der Waals surface area contributed by atoms with Crippen molar-refractivity contribution in [1.82, 2.24) is 5.32 Å². The largest absolute Gasteiger partial charge is 0.359 e. The molecular formula is C9H19NO. The molecule has 66 valence electrons. The summed E-state index contributed by atoms with van der Waals surface area (Å²) in [6, 6.07) is 0. The lowest BCUT2D eigenvalue weighted by atomic mass is 9.80. The maximum Gasteiger partial charge on any atom is 0.220 e. The second-order valence-corrected chi connectivity index (χ2v) is 4.14. The zero-order chi connectivity index (χ0) is 9.07. The lowest BCUT2D eigenvalue weighted by molar-refractivity contribution is -0.122. The third-order valence-corrected chi connectivity index (χ3v) is 2.25. The van der Waals surface area contributed by atoms with Crippen LogP contribution in [-0.4, -0.2) is 13.0 Å². The average molecular weight is 157 g/mol. The summed E-state index contributed by atoms with van der Waals surface area (Å²) >= 11 is 0. The summed E-state index contributed by atoms with van der Waals surface area (Å²) in [6.45, 7) is 8.57. The second kappa shape index (κ2) is 3.74. The van der Waals surface area contributed by atoms with Gasteiger partial charge in [-0.05, 0) is 11.3 Å². The molecule has 0 saturated heterocycles. The number of rotatable bonds is 2. The van der Waals surface area contributed by atoms with Gasteiger partial charge in [-0.1, -0.05) is 27.7 Å². The van der Waals surface area contributed by atoms with E-state index >= 15 is 0 Å². The molecule has 0 aliphatic heterocycles. The molecule has 2 heteroatoms. The number of hydrogen-bond donors (Lipinski definition) is 1. The van der Waals surface area contributed by atoms with Crippen LogP contribution in [-0.2, 0) is 4.79 Å². The van der Waals surface area contributed by atoms with Crippen LogP contribution in [0.25, 0.3) is 0 Å². The molecule has 0 bridgehead atoms. The van der Waals surface area contributed by atoms with Crippen LogP contribution in [0.5, 0.6) is 0 Å². The van der Waals surface area contributed by atoms with Gasteiger partial charge in [-0.15, -0.1) is 0 Å². The normalized spacial score (nSPS) is 14.3. The topological polar surface area (TPSA) is 29.1 Å². The van der Waals surface area contributed by atoms with E-state index in [0.717, 1.165) is 0 Å². The highest BCUT2D eigenvalue weighted by Gasteiger charge is 2.21. The third-order valence-electron chi connectivity index (χ3n) is 2.25. The molecule has 0 aliphatic carbocycles. The van der Waals surface area contributed by atoms with Crippen molar-refractivity contribution in [1.29, 1.82) is 0 Å². The Morgan fingerprint density at radius 2 is 1.91 bits per heavy atom.